The molecule has 20 heavy (non-hydrogen) atoms. The van der Waals surface area contributed by atoms with Crippen LogP contribution in [0, 0.1) is 0 Å². The van der Waals surface area contributed by atoms with Crippen molar-refractivity contribution in [1.29, 1.82) is 0 Å². The van der Waals surface area contributed by atoms with Crippen LogP contribution in [0.25, 0.3) is 0 Å². The van der Waals surface area contributed by atoms with E-state index >= 15 is 0 Å². The van der Waals surface area contributed by atoms with Gasteiger partial charge >= 0.3 is 5.97 Å². The average Bonchev–Trinajstić information content (AvgIpc) is 2.47. The molecule has 0 aliphatic heterocycles. The zero-order valence-corrected chi connectivity index (χ0v) is 14.0. The van der Waals surface area contributed by atoms with E-state index in [2.05, 4.69) is 19.6 Å². The molecule has 0 radical (unpaired) electrons. The van der Waals surface area contributed by atoms with E-state index in [0.29, 0.717) is 12.4 Å². The molecule has 0 heterocycles. The Morgan fingerprint density at radius 3 is 1.85 bits per heavy atom. The van der Waals surface area contributed by atoms with Gasteiger partial charge in [0.1, 0.15) is 6.04 Å². The molecule has 0 aromatic rings. The molecule has 0 aliphatic carbocycles. The lowest BCUT2D eigenvalue weighted by atomic mass is 10.1. The Morgan fingerprint density at radius 1 is 0.950 bits per heavy atom. The van der Waals surface area contributed by atoms with Gasteiger partial charge in [0, 0.05) is 5.75 Å². The van der Waals surface area contributed by atoms with Gasteiger partial charge in [0.15, 0.2) is 0 Å². The predicted octanol–water partition coefficient (Wildman–Crippen LogP) is 4.10. The number of ether oxygens (including phenoxy) is 1. The zero-order chi connectivity index (χ0) is 15.1. The molecule has 0 rings (SSSR count). The Balaban J connectivity index is 3.11. The van der Waals surface area contributed by atoms with Gasteiger partial charge in [0.05, 0.1) is 6.61 Å². The summed E-state index contributed by atoms with van der Waals surface area (Å²) < 4.78 is 5.06. The van der Waals surface area contributed by atoms with E-state index in [1.807, 2.05) is 0 Å². The molecular formula is C16H33NO2S. The summed E-state index contributed by atoms with van der Waals surface area (Å²) in [6, 6.07) is -0.578. The molecule has 0 aromatic heterocycles. The van der Waals surface area contributed by atoms with Gasteiger partial charge in [-0.1, -0.05) is 71.1 Å². The van der Waals surface area contributed by atoms with Gasteiger partial charge in [0.25, 0.3) is 0 Å². The first-order valence-corrected chi connectivity index (χ1v) is 8.88. The standard InChI is InChI=1S/C16H33NO2S/c1-2-3-4-5-6-7-8-9-10-11-12-13-19-16(18)15(17)14-20/h15,20H,2-14,17H2,1H3. The van der Waals surface area contributed by atoms with E-state index in [1.54, 1.807) is 0 Å². The lowest BCUT2D eigenvalue weighted by Gasteiger charge is -2.08. The number of carbonyl (C=O) groups is 1. The van der Waals surface area contributed by atoms with Crippen molar-refractivity contribution < 1.29 is 9.53 Å². The predicted molar refractivity (Wildman–Crippen MR) is 89.2 cm³/mol. The Labute approximate surface area is 130 Å². The van der Waals surface area contributed by atoms with Crippen molar-refractivity contribution in [3.63, 3.8) is 0 Å². The highest BCUT2D eigenvalue weighted by Crippen LogP contribution is 2.11. The largest absolute Gasteiger partial charge is 0.465 e. The number of thiol groups is 1. The topological polar surface area (TPSA) is 52.3 Å². The third kappa shape index (κ3) is 12.8. The highest BCUT2D eigenvalue weighted by Gasteiger charge is 2.11. The minimum atomic E-state index is -0.578. The first-order chi connectivity index (χ1) is 9.72. The van der Waals surface area contributed by atoms with Gasteiger partial charge in [-0.3, -0.25) is 4.79 Å². The summed E-state index contributed by atoms with van der Waals surface area (Å²) in [4.78, 5) is 11.3. The second kappa shape index (κ2) is 15.2. The third-order valence-electron chi connectivity index (χ3n) is 3.49. The van der Waals surface area contributed by atoms with Crippen molar-refractivity contribution in [3.05, 3.63) is 0 Å². The first kappa shape index (κ1) is 19.8. The third-order valence-corrected chi connectivity index (χ3v) is 3.89. The maximum absolute atomic E-state index is 11.3. The van der Waals surface area contributed by atoms with E-state index in [0.717, 1.165) is 12.8 Å². The second-order valence-electron chi connectivity index (χ2n) is 5.49. The van der Waals surface area contributed by atoms with E-state index in [1.165, 1.54) is 57.8 Å². The fourth-order valence-corrected chi connectivity index (χ4v) is 2.27. The van der Waals surface area contributed by atoms with Crippen LogP contribution in [0.1, 0.15) is 77.6 Å². The van der Waals surface area contributed by atoms with Crippen molar-refractivity contribution in [2.45, 2.75) is 83.6 Å². The molecule has 0 amide bonds. The molecule has 0 saturated carbocycles. The van der Waals surface area contributed by atoms with Crippen LogP contribution in [0.2, 0.25) is 0 Å². The van der Waals surface area contributed by atoms with Crippen LogP contribution in [0.15, 0.2) is 0 Å². The van der Waals surface area contributed by atoms with Crippen LogP contribution in [0.3, 0.4) is 0 Å². The normalized spacial score (nSPS) is 12.3. The molecule has 0 fully saturated rings. The molecule has 120 valence electrons. The lowest BCUT2D eigenvalue weighted by Crippen LogP contribution is -2.34. The van der Waals surface area contributed by atoms with Crippen molar-refractivity contribution in [3.8, 4) is 0 Å². The molecule has 1 atom stereocenters. The smallest absolute Gasteiger partial charge is 0.323 e. The van der Waals surface area contributed by atoms with Crippen molar-refractivity contribution >= 4 is 18.6 Å². The molecule has 1 unspecified atom stereocenters. The summed E-state index contributed by atoms with van der Waals surface area (Å²) in [5.74, 6) is 0.0176. The highest BCUT2D eigenvalue weighted by molar-refractivity contribution is 7.80. The number of hydrogen-bond acceptors (Lipinski definition) is 4. The monoisotopic (exact) mass is 303 g/mol. The molecule has 0 spiro atoms. The van der Waals surface area contributed by atoms with E-state index in [-0.39, 0.29) is 5.97 Å². The van der Waals surface area contributed by atoms with Crippen LogP contribution in [0.5, 0.6) is 0 Å². The van der Waals surface area contributed by atoms with Crippen LogP contribution in [-0.4, -0.2) is 24.4 Å². The molecule has 0 saturated heterocycles. The molecule has 0 bridgehead atoms. The number of esters is 1. The summed E-state index contributed by atoms with van der Waals surface area (Å²) in [6.07, 6.45) is 14.2. The number of rotatable bonds is 14. The number of nitrogens with two attached hydrogens (primary N) is 1. The highest BCUT2D eigenvalue weighted by atomic mass is 32.1. The summed E-state index contributed by atoms with van der Waals surface area (Å²) in [6.45, 7) is 2.75. The van der Waals surface area contributed by atoms with Gasteiger partial charge in [-0.15, -0.1) is 0 Å². The number of hydrogen-bond donors (Lipinski definition) is 2. The average molecular weight is 304 g/mol. The Morgan fingerprint density at radius 2 is 1.40 bits per heavy atom. The van der Waals surface area contributed by atoms with E-state index in [4.69, 9.17) is 10.5 Å². The van der Waals surface area contributed by atoms with Gasteiger partial charge in [-0.2, -0.15) is 12.6 Å². The molecule has 2 N–H and O–H groups in total. The SMILES string of the molecule is CCCCCCCCCCCCCOC(=O)C(N)CS. The molecule has 0 aromatic carbocycles. The summed E-state index contributed by atoms with van der Waals surface area (Å²) >= 11 is 3.97. The first-order valence-electron chi connectivity index (χ1n) is 8.25. The molecule has 4 heteroatoms. The van der Waals surface area contributed by atoms with E-state index in [9.17, 15) is 4.79 Å². The molecule has 0 aliphatic rings. The maximum atomic E-state index is 11.3. The van der Waals surface area contributed by atoms with E-state index < -0.39 is 6.04 Å². The fourth-order valence-electron chi connectivity index (χ4n) is 2.12. The minimum absolute atomic E-state index is 0.327. The number of carbonyl (C=O) groups excluding carboxylic acids is 1. The van der Waals surface area contributed by atoms with Gasteiger partial charge in [0.2, 0.25) is 0 Å². The lowest BCUT2D eigenvalue weighted by molar-refractivity contribution is -0.144. The van der Waals surface area contributed by atoms with Crippen LogP contribution < -0.4 is 5.73 Å². The molecular weight excluding hydrogens is 270 g/mol. The molecule has 3 nitrogen and oxygen atoms in total. The quantitative estimate of drug-likeness (QED) is 0.288. The summed E-state index contributed by atoms with van der Waals surface area (Å²) in [5, 5.41) is 0. The van der Waals surface area contributed by atoms with Crippen molar-refractivity contribution in [2.75, 3.05) is 12.4 Å². The van der Waals surface area contributed by atoms with Gasteiger partial charge in [-0.25, -0.2) is 0 Å². The Kier molecular flexibility index (Phi) is 15.0. The van der Waals surface area contributed by atoms with Crippen LogP contribution in [0.4, 0.5) is 0 Å². The number of unbranched alkanes of at least 4 members (excludes halogenated alkanes) is 10. The summed E-state index contributed by atoms with van der Waals surface area (Å²) in [5.41, 5.74) is 5.50. The Hall–Kier alpha value is -0.220. The van der Waals surface area contributed by atoms with Gasteiger partial charge < -0.3 is 10.5 Å². The Bertz CT molecular complexity index is 225. The second-order valence-corrected chi connectivity index (χ2v) is 5.86. The van der Waals surface area contributed by atoms with Crippen LogP contribution >= 0.6 is 12.6 Å². The van der Waals surface area contributed by atoms with Crippen molar-refractivity contribution in [1.82, 2.24) is 0 Å². The minimum Gasteiger partial charge on any atom is -0.465 e. The summed E-state index contributed by atoms with van der Waals surface area (Å²) in [7, 11) is 0. The van der Waals surface area contributed by atoms with Crippen molar-refractivity contribution in [2.24, 2.45) is 5.73 Å². The van der Waals surface area contributed by atoms with Gasteiger partial charge in [-0.05, 0) is 6.42 Å². The zero-order valence-electron chi connectivity index (χ0n) is 13.1. The fraction of sp³-hybridized carbons (Fsp3) is 0.938. The maximum Gasteiger partial charge on any atom is 0.323 e. The van der Waals surface area contributed by atoms with Crippen LogP contribution in [-0.2, 0) is 9.53 Å².